The van der Waals surface area contributed by atoms with E-state index < -0.39 is 8.32 Å². The number of hydrogen-bond donors (Lipinski definition) is 0. The molecule has 1 atom stereocenters. The lowest BCUT2D eigenvalue weighted by Gasteiger charge is -2.38. The molecule has 0 unspecified atom stereocenters. The van der Waals surface area contributed by atoms with Gasteiger partial charge in [0.1, 0.15) is 0 Å². The lowest BCUT2D eigenvalue weighted by atomic mass is 9.83. The second-order valence-electron chi connectivity index (χ2n) is 9.24. The van der Waals surface area contributed by atoms with Gasteiger partial charge in [-0.3, -0.25) is 4.99 Å². The standard InChI is InChI=1S/C22H37NOSi/c1-18(21-10-8-7-9-11-21)23-16-19-12-14-20(15-13-19)17-24-25(5,6)22(2,3)4/h7-11,16,18-20H,12-15,17H2,1-6H3/t18-,19?,20?/m1/s1. The average molecular weight is 360 g/mol. The van der Waals surface area contributed by atoms with Crippen molar-refractivity contribution in [3.05, 3.63) is 35.9 Å². The Balaban J connectivity index is 1.75. The molecule has 3 heteroatoms. The van der Waals surface area contributed by atoms with E-state index in [1.807, 2.05) is 0 Å². The van der Waals surface area contributed by atoms with Crippen molar-refractivity contribution in [3.8, 4) is 0 Å². The van der Waals surface area contributed by atoms with E-state index in [-0.39, 0.29) is 6.04 Å². The number of hydrogen-bond acceptors (Lipinski definition) is 2. The normalized spacial score (nSPS) is 23.8. The summed E-state index contributed by atoms with van der Waals surface area (Å²) in [5, 5.41) is 0.310. The summed E-state index contributed by atoms with van der Waals surface area (Å²) >= 11 is 0. The predicted molar refractivity (Wildman–Crippen MR) is 112 cm³/mol. The maximum atomic E-state index is 6.43. The third kappa shape index (κ3) is 6.07. The molecule has 0 amide bonds. The molecule has 0 N–H and O–H groups in total. The minimum absolute atomic E-state index is 0.265. The van der Waals surface area contributed by atoms with Gasteiger partial charge in [-0.15, -0.1) is 0 Å². The van der Waals surface area contributed by atoms with Crippen LogP contribution in [0.4, 0.5) is 0 Å². The maximum Gasteiger partial charge on any atom is 0.191 e. The molecular weight excluding hydrogens is 322 g/mol. The van der Waals surface area contributed by atoms with Crippen LogP contribution in [0.5, 0.6) is 0 Å². The molecule has 1 saturated carbocycles. The summed E-state index contributed by atoms with van der Waals surface area (Å²) in [7, 11) is -1.60. The van der Waals surface area contributed by atoms with Gasteiger partial charge in [0.15, 0.2) is 8.32 Å². The first-order valence-electron chi connectivity index (χ1n) is 9.91. The fraction of sp³-hybridized carbons (Fsp3) is 0.682. The van der Waals surface area contributed by atoms with E-state index in [1.165, 1.54) is 31.2 Å². The van der Waals surface area contributed by atoms with Crippen LogP contribution in [0.25, 0.3) is 0 Å². The van der Waals surface area contributed by atoms with Crippen molar-refractivity contribution in [3.63, 3.8) is 0 Å². The minimum atomic E-state index is -1.60. The van der Waals surface area contributed by atoms with Gasteiger partial charge in [-0.1, -0.05) is 51.1 Å². The SMILES string of the molecule is C[C@@H](N=CC1CCC(CO[Si](C)(C)C(C)(C)C)CC1)c1ccccc1. The zero-order chi connectivity index (χ0) is 18.5. The highest BCUT2D eigenvalue weighted by Gasteiger charge is 2.37. The second kappa shape index (κ2) is 8.63. The summed E-state index contributed by atoms with van der Waals surface area (Å²) in [5.74, 6) is 1.39. The van der Waals surface area contributed by atoms with Crippen LogP contribution < -0.4 is 0 Å². The van der Waals surface area contributed by atoms with Gasteiger partial charge < -0.3 is 4.43 Å². The second-order valence-corrected chi connectivity index (χ2v) is 14.0. The van der Waals surface area contributed by atoms with Crippen molar-refractivity contribution < 1.29 is 4.43 Å². The average Bonchev–Trinajstić information content (AvgIpc) is 2.58. The van der Waals surface area contributed by atoms with Crippen LogP contribution in [0.3, 0.4) is 0 Å². The summed E-state index contributed by atoms with van der Waals surface area (Å²) in [5.41, 5.74) is 1.30. The lowest BCUT2D eigenvalue weighted by Crippen LogP contribution is -2.42. The molecule has 0 aliphatic heterocycles. The highest BCUT2D eigenvalue weighted by atomic mass is 28.4. The van der Waals surface area contributed by atoms with Gasteiger partial charge in [-0.2, -0.15) is 0 Å². The lowest BCUT2D eigenvalue weighted by molar-refractivity contribution is 0.185. The first-order valence-corrected chi connectivity index (χ1v) is 12.8. The van der Waals surface area contributed by atoms with Crippen LogP contribution in [0, 0.1) is 11.8 Å². The molecule has 1 aromatic rings. The summed E-state index contributed by atoms with van der Waals surface area (Å²) in [6.45, 7) is 14.8. The molecule has 1 aliphatic carbocycles. The Kier molecular flexibility index (Phi) is 7.04. The Morgan fingerprint density at radius 2 is 1.72 bits per heavy atom. The first-order chi connectivity index (χ1) is 11.7. The van der Waals surface area contributed by atoms with Gasteiger partial charge in [-0.25, -0.2) is 0 Å². The minimum Gasteiger partial charge on any atom is -0.417 e. The molecule has 1 aromatic carbocycles. The highest BCUT2D eigenvalue weighted by molar-refractivity contribution is 6.74. The topological polar surface area (TPSA) is 21.6 Å². The van der Waals surface area contributed by atoms with E-state index in [0.29, 0.717) is 11.0 Å². The van der Waals surface area contributed by atoms with Gasteiger partial charge in [0.05, 0.1) is 6.04 Å². The Labute approximate surface area is 156 Å². The summed E-state index contributed by atoms with van der Waals surface area (Å²) in [4.78, 5) is 4.81. The van der Waals surface area contributed by atoms with Crippen molar-refractivity contribution in [1.29, 1.82) is 0 Å². The van der Waals surface area contributed by atoms with Gasteiger partial charge in [0.2, 0.25) is 0 Å². The molecule has 0 bridgehead atoms. The molecule has 140 valence electrons. The van der Waals surface area contributed by atoms with Crippen molar-refractivity contribution in [2.75, 3.05) is 6.61 Å². The predicted octanol–water partition coefficient (Wildman–Crippen LogP) is 6.65. The zero-order valence-electron chi connectivity index (χ0n) is 17.1. The van der Waals surface area contributed by atoms with Crippen molar-refractivity contribution in [2.24, 2.45) is 16.8 Å². The molecule has 2 nitrogen and oxygen atoms in total. The van der Waals surface area contributed by atoms with Crippen molar-refractivity contribution in [2.45, 2.75) is 77.6 Å². The molecule has 1 aliphatic rings. The third-order valence-corrected chi connectivity index (χ3v) is 10.7. The number of nitrogens with zero attached hydrogens (tertiary/aromatic N) is 1. The largest absolute Gasteiger partial charge is 0.417 e. The molecule has 0 radical (unpaired) electrons. The molecule has 25 heavy (non-hydrogen) atoms. The van der Waals surface area contributed by atoms with E-state index in [4.69, 9.17) is 9.42 Å². The van der Waals surface area contributed by atoms with Crippen LogP contribution in [0.2, 0.25) is 18.1 Å². The van der Waals surface area contributed by atoms with Crippen LogP contribution in [-0.2, 0) is 4.43 Å². The summed E-state index contributed by atoms with van der Waals surface area (Å²) < 4.78 is 6.43. The molecule has 0 saturated heterocycles. The smallest absolute Gasteiger partial charge is 0.191 e. The number of benzene rings is 1. The maximum absolute atomic E-state index is 6.43. The van der Waals surface area contributed by atoms with Crippen LogP contribution in [-0.4, -0.2) is 21.1 Å². The van der Waals surface area contributed by atoms with E-state index >= 15 is 0 Å². The highest BCUT2D eigenvalue weighted by Crippen LogP contribution is 2.38. The Morgan fingerprint density at radius 1 is 1.12 bits per heavy atom. The van der Waals surface area contributed by atoms with E-state index in [2.05, 4.69) is 77.3 Å². The Hall–Kier alpha value is -0.933. The van der Waals surface area contributed by atoms with Gasteiger partial charge in [0, 0.05) is 12.8 Å². The van der Waals surface area contributed by atoms with E-state index in [1.54, 1.807) is 0 Å². The molecule has 1 fully saturated rings. The Morgan fingerprint density at radius 3 is 2.28 bits per heavy atom. The van der Waals surface area contributed by atoms with Crippen molar-refractivity contribution in [1.82, 2.24) is 0 Å². The molecule has 0 aromatic heterocycles. The molecular formula is C22H37NOSi. The molecule has 0 spiro atoms. The monoisotopic (exact) mass is 359 g/mol. The van der Waals surface area contributed by atoms with Crippen LogP contribution >= 0.6 is 0 Å². The fourth-order valence-electron chi connectivity index (χ4n) is 3.12. The zero-order valence-corrected chi connectivity index (χ0v) is 18.1. The van der Waals surface area contributed by atoms with Gasteiger partial charge in [-0.05, 0) is 68.1 Å². The Bertz CT molecular complexity index is 539. The molecule has 0 heterocycles. The first kappa shape index (κ1) is 20.4. The number of aliphatic imine (C=N–C) groups is 1. The quantitative estimate of drug-likeness (QED) is 0.412. The van der Waals surface area contributed by atoms with Gasteiger partial charge in [0.25, 0.3) is 0 Å². The summed E-state index contributed by atoms with van der Waals surface area (Å²) in [6.07, 6.45) is 7.31. The fourth-order valence-corrected chi connectivity index (χ4v) is 4.20. The van der Waals surface area contributed by atoms with Gasteiger partial charge >= 0.3 is 0 Å². The summed E-state index contributed by atoms with van der Waals surface area (Å²) in [6, 6.07) is 10.8. The molecule has 2 rings (SSSR count). The van der Waals surface area contributed by atoms with E-state index in [9.17, 15) is 0 Å². The third-order valence-electron chi connectivity index (χ3n) is 6.18. The van der Waals surface area contributed by atoms with Crippen LogP contribution in [0.1, 0.15) is 65.0 Å². The number of rotatable bonds is 6. The van der Waals surface area contributed by atoms with E-state index in [0.717, 1.165) is 12.5 Å². The van der Waals surface area contributed by atoms with Crippen LogP contribution in [0.15, 0.2) is 35.3 Å². The van der Waals surface area contributed by atoms with Crippen molar-refractivity contribution >= 4 is 14.5 Å².